The van der Waals surface area contributed by atoms with Gasteiger partial charge in [0.15, 0.2) is 0 Å². The predicted molar refractivity (Wildman–Crippen MR) is 59.7 cm³/mol. The Hall–Kier alpha value is -0.780. The summed E-state index contributed by atoms with van der Waals surface area (Å²) in [5, 5.41) is 0. The topological polar surface area (TPSA) is 0 Å². The molecule has 0 N–H and O–H groups in total. The van der Waals surface area contributed by atoms with Gasteiger partial charge in [-0.2, -0.15) is 0 Å². The van der Waals surface area contributed by atoms with Crippen LogP contribution in [0.15, 0.2) is 36.5 Å². The van der Waals surface area contributed by atoms with Crippen molar-refractivity contribution in [2.45, 2.75) is 44.9 Å². The molecule has 1 rings (SSSR count). The standard InChI is InChI=1S/C13H20/c1-2-4-6-8-10-12-13-11-9-7-5-3-1/h1-2,7-10H,3-6,11-13H2/b2-1-,9-7-,10-8?. The number of hydrogen-bond acceptors (Lipinski definition) is 0. The Morgan fingerprint density at radius 2 is 0.692 bits per heavy atom. The van der Waals surface area contributed by atoms with E-state index in [4.69, 9.17) is 0 Å². The second kappa shape index (κ2) is 7.85. The molecule has 0 aliphatic heterocycles. The summed E-state index contributed by atoms with van der Waals surface area (Å²) in [7, 11) is 0. The monoisotopic (exact) mass is 176 g/mol. The lowest BCUT2D eigenvalue weighted by Gasteiger charge is -1.89. The fourth-order valence-corrected chi connectivity index (χ4v) is 1.45. The van der Waals surface area contributed by atoms with Gasteiger partial charge in [-0.1, -0.05) is 36.5 Å². The van der Waals surface area contributed by atoms with Crippen molar-refractivity contribution >= 4 is 0 Å². The van der Waals surface area contributed by atoms with E-state index in [-0.39, 0.29) is 0 Å². The van der Waals surface area contributed by atoms with E-state index in [0.717, 1.165) is 0 Å². The van der Waals surface area contributed by atoms with Crippen molar-refractivity contribution < 1.29 is 0 Å². The summed E-state index contributed by atoms with van der Waals surface area (Å²) in [6.45, 7) is 0. The van der Waals surface area contributed by atoms with E-state index >= 15 is 0 Å². The summed E-state index contributed by atoms with van der Waals surface area (Å²) in [6.07, 6.45) is 22.5. The Balaban J connectivity index is 2.27. The normalized spacial score (nSPS) is 25.2. The van der Waals surface area contributed by atoms with E-state index in [0.29, 0.717) is 0 Å². The van der Waals surface area contributed by atoms with Crippen LogP contribution in [0.25, 0.3) is 0 Å². The highest BCUT2D eigenvalue weighted by atomic mass is 13.9. The Labute approximate surface area is 82.0 Å². The molecule has 0 aromatic heterocycles. The lowest BCUT2D eigenvalue weighted by atomic mass is 10.2. The molecule has 0 spiro atoms. The van der Waals surface area contributed by atoms with Gasteiger partial charge in [-0.25, -0.2) is 0 Å². The zero-order valence-corrected chi connectivity index (χ0v) is 8.41. The van der Waals surface area contributed by atoms with Crippen molar-refractivity contribution in [2.24, 2.45) is 0 Å². The number of hydrogen-bond donors (Lipinski definition) is 0. The Bertz CT molecular complexity index is 164. The van der Waals surface area contributed by atoms with Crippen LogP contribution in [0.2, 0.25) is 0 Å². The summed E-state index contributed by atoms with van der Waals surface area (Å²) in [5.74, 6) is 0. The van der Waals surface area contributed by atoms with E-state index in [1.165, 1.54) is 44.9 Å². The van der Waals surface area contributed by atoms with Gasteiger partial charge in [-0.3, -0.25) is 0 Å². The average Bonchev–Trinajstić information content (AvgIpc) is 2.18. The van der Waals surface area contributed by atoms with Gasteiger partial charge in [-0.15, -0.1) is 0 Å². The summed E-state index contributed by atoms with van der Waals surface area (Å²) in [6, 6.07) is 0. The first-order chi connectivity index (χ1) is 6.50. The van der Waals surface area contributed by atoms with Crippen molar-refractivity contribution in [3.8, 4) is 0 Å². The molecule has 0 saturated carbocycles. The molecule has 1 aliphatic rings. The third-order valence-electron chi connectivity index (χ3n) is 2.24. The molecule has 72 valence electrons. The van der Waals surface area contributed by atoms with Gasteiger partial charge < -0.3 is 0 Å². The Morgan fingerprint density at radius 1 is 0.385 bits per heavy atom. The molecule has 1 aliphatic carbocycles. The number of allylic oxidation sites excluding steroid dienone is 6. The molecular formula is C13H20. The molecule has 0 radical (unpaired) electrons. The summed E-state index contributed by atoms with van der Waals surface area (Å²) >= 11 is 0. The largest absolute Gasteiger partial charge is 0.0885 e. The fourth-order valence-electron chi connectivity index (χ4n) is 1.45. The zero-order chi connectivity index (χ0) is 9.19. The first-order valence-electron chi connectivity index (χ1n) is 5.45. The lowest BCUT2D eigenvalue weighted by Crippen LogP contribution is -1.69. The summed E-state index contributed by atoms with van der Waals surface area (Å²) in [4.78, 5) is 0. The minimum atomic E-state index is 1.21. The van der Waals surface area contributed by atoms with Crippen LogP contribution in [0.3, 0.4) is 0 Å². The second-order valence-corrected chi connectivity index (χ2v) is 3.50. The van der Waals surface area contributed by atoms with Gasteiger partial charge in [-0.05, 0) is 44.9 Å². The molecule has 0 aromatic rings. The minimum absolute atomic E-state index is 1.21. The Morgan fingerprint density at radius 3 is 1.08 bits per heavy atom. The van der Waals surface area contributed by atoms with Crippen molar-refractivity contribution in [3.05, 3.63) is 36.5 Å². The van der Waals surface area contributed by atoms with Crippen LogP contribution in [0.1, 0.15) is 44.9 Å². The second-order valence-electron chi connectivity index (χ2n) is 3.50. The summed E-state index contributed by atoms with van der Waals surface area (Å²) in [5.41, 5.74) is 0. The van der Waals surface area contributed by atoms with E-state index in [2.05, 4.69) is 36.5 Å². The van der Waals surface area contributed by atoms with Crippen LogP contribution >= 0.6 is 0 Å². The predicted octanol–water partition coefficient (Wildman–Crippen LogP) is 4.40. The van der Waals surface area contributed by atoms with E-state index in [9.17, 15) is 0 Å². The van der Waals surface area contributed by atoms with Crippen molar-refractivity contribution in [2.75, 3.05) is 0 Å². The average molecular weight is 176 g/mol. The molecule has 0 bridgehead atoms. The molecule has 0 amide bonds. The number of rotatable bonds is 0. The smallest absolute Gasteiger partial charge is 0.0316 e. The molecule has 0 aromatic carbocycles. The molecule has 13 heavy (non-hydrogen) atoms. The highest BCUT2D eigenvalue weighted by Gasteiger charge is 1.83. The van der Waals surface area contributed by atoms with Crippen LogP contribution in [0.4, 0.5) is 0 Å². The van der Waals surface area contributed by atoms with Gasteiger partial charge in [0.1, 0.15) is 0 Å². The SMILES string of the molecule is C1=CCCC/C=C\CC/C=C\CC1. The highest BCUT2D eigenvalue weighted by molar-refractivity contribution is 4.92. The molecule has 0 atom stereocenters. The maximum absolute atomic E-state index is 2.32. The third kappa shape index (κ3) is 6.39. The van der Waals surface area contributed by atoms with E-state index in [1.54, 1.807) is 0 Å². The maximum Gasteiger partial charge on any atom is -0.0316 e. The van der Waals surface area contributed by atoms with Crippen molar-refractivity contribution in [1.29, 1.82) is 0 Å². The van der Waals surface area contributed by atoms with Crippen LogP contribution in [0, 0.1) is 0 Å². The van der Waals surface area contributed by atoms with Crippen LogP contribution in [-0.4, -0.2) is 0 Å². The highest BCUT2D eigenvalue weighted by Crippen LogP contribution is 2.04. The zero-order valence-electron chi connectivity index (χ0n) is 8.41. The van der Waals surface area contributed by atoms with E-state index < -0.39 is 0 Å². The van der Waals surface area contributed by atoms with Gasteiger partial charge in [0.05, 0.1) is 0 Å². The molecule has 0 heteroatoms. The van der Waals surface area contributed by atoms with Gasteiger partial charge in [0.25, 0.3) is 0 Å². The minimum Gasteiger partial charge on any atom is -0.0885 e. The molecule has 0 saturated heterocycles. The van der Waals surface area contributed by atoms with Crippen LogP contribution in [-0.2, 0) is 0 Å². The van der Waals surface area contributed by atoms with Crippen LogP contribution in [0.5, 0.6) is 0 Å². The first-order valence-corrected chi connectivity index (χ1v) is 5.45. The van der Waals surface area contributed by atoms with E-state index in [1.807, 2.05) is 0 Å². The van der Waals surface area contributed by atoms with Crippen LogP contribution < -0.4 is 0 Å². The maximum atomic E-state index is 2.32. The third-order valence-corrected chi connectivity index (χ3v) is 2.24. The lowest BCUT2D eigenvalue weighted by molar-refractivity contribution is 0.859. The first kappa shape index (κ1) is 10.3. The quantitative estimate of drug-likeness (QED) is 0.480. The molecule has 0 unspecified atom stereocenters. The van der Waals surface area contributed by atoms with Gasteiger partial charge >= 0.3 is 0 Å². The van der Waals surface area contributed by atoms with Crippen molar-refractivity contribution in [3.63, 3.8) is 0 Å². The molecular weight excluding hydrogens is 156 g/mol. The molecule has 0 nitrogen and oxygen atoms in total. The molecule has 0 heterocycles. The summed E-state index contributed by atoms with van der Waals surface area (Å²) < 4.78 is 0. The van der Waals surface area contributed by atoms with Crippen molar-refractivity contribution in [1.82, 2.24) is 0 Å². The van der Waals surface area contributed by atoms with Gasteiger partial charge in [0.2, 0.25) is 0 Å². The molecule has 0 fully saturated rings. The van der Waals surface area contributed by atoms with Gasteiger partial charge in [0, 0.05) is 0 Å². The Kier molecular flexibility index (Phi) is 6.22. The fraction of sp³-hybridized carbons (Fsp3) is 0.538.